The third kappa shape index (κ3) is 3.38. The number of alkyl halides is 1. The Morgan fingerprint density at radius 1 is 1.54 bits per heavy atom. The van der Waals surface area contributed by atoms with Gasteiger partial charge in [0, 0.05) is 20.1 Å². The average Bonchev–Trinajstić information content (AvgIpc) is 2.89. The molecule has 1 amide bonds. The normalized spacial score (nSPS) is 39.3. The van der Waals surface area contributed by atoms with Crippen molar-refractivity contribution in [3.63, 3.8) is 0 Å². The van der Waals surface area contributed by atoms with Crippen LogP contribution in [0.5, 0.6) is 0 Å². The van der Waals surface area contributed by atoms with Crippen molar-refractivity contribution < 1.29 is 13.9 Å². The van der Waals surface area contributed by atoms with Gasteiger partial charge >= 0.3 is 0 Å². The lowest BCUT2D eigenvalue weighted by atomic mass is 9.98. The first kappa shape index (κ1) is 17.5. The van der Waals surface area contributed by atoms with Gasteiger partial charge in [-0.25, -0.2) is 9.82 Å². The van der Waals surface area contributed by atoms with Crippen LogP contribution in [0, 0.1) is 5.92 Å². The van der Waals surface area contributed by atoms with E-state index in [1.165, 1.54) is 0 Å². The van der Waals surface area contributed by atoms with Gasteiger partial charge in [0.05, 0.1) is 37.6 Å². The lowest BCUT2D eigenvalue weighted by Gasteiger charge is -2.37. The van der Waals surface area contributed by atoms with E-state index < -0.39 is 18.3 Å². The number of rotatable bonds is 4. The van der Waals surface area contributed by atoms with Crippen molar-refractivity contribution in [1.29, 1.82) is 0 Å². The number of nitrogens with zero attached hydrogens (tertiary/aromatic N) is 2. The quantitative estimate of drug-likeness (QED) is 0.383. The summed E-state index contributed by atoms with van der Waals surface area (Å²) in [5, 5.41) is 11.0. The summed E-state index contributed by atoms with van der Waals surface area (Å²) in [4.78, 5) is 16.9. The molecule has 0 spiro atoms. The number of carbonyl (C=O) groups excluding carboxylic acids is 1. The molecule has 0 aromatic carbocycles. The lowest BCUT2D eigenvalue weighted by Crippen LogP contribution is -2.62. The molecule has 0 aromatic heterocycles. The first-order chi connectivity index (χ1) is 11.5. The van der Waals surface area contributed by atoms with E-state index in [4.69, 9.17) is 10.5 Å². The number of nitrogens with one attached hydrogen (secondary N) is 4. The minimum absolute atomic E-state index is 0.0690. The van der Waals surface area contributed by atoms with Gasteiger partial charge in [-0.05, 0) is 7.05 Å². The highest BCUT2D eigenvalue weighted by Gasteiger charge is 2.44. The predicted octanol–water partition coefficient (Wildman–Crippen LogP) is -2.50. The van der Waals surface area contributed by atoms with Crippen LogP contribution in [-0.4, -0.2) is 81.2 Å². The molecule has 6 unspecified atom stereocenters. The largest absolute Gasteiger partial charge is 0.379 e. The standard InChI is InChI=1S/C14H26FN7O2/c1-17-10-3-9(24-2)8(5-18-10)20-14(23)11-12(16)21-22-6-7(15)4-19-13(11)22/h7-12,17-18,21H,3-6,16H2,1-2H3,(H,20,23). The molecule has 3 aliphatic rings. The number of hydrazine groups is 1. The predicted molar refractivity (Wildman–Crippen MR) is 86.7 cm³/mol. The number of amidine groups is 1. The van der Waals surface area contributed by atoms with Crippen LogP contribution in [0.3, 0.4) is 0 Å². The van der Waals surface area contributed by atoms with E-state index in [0.717, 1.165) is 6.42 Å². The Morgan fingerprint density at radius 3 is 3.04 bits per heavy atom. The molecule has 2 fully saturated rings. The highest BCUT2D eigenvalue weighted by Crippen LogP contribution is 2.20. The van der Waals surface area contributed by atoms with Crippen molar-refractivity contribution in [2.75, 3.05) is 33.8 Å². The van der Waals surface area contributed by atoms with E-state index in [1.807, 2.05) is 7.05 Å². The van der Waals surface area contributed by atoms with Crippen LogP contribution >= 0.6 is 0 Å². The Morgan fingerprint density at radius 2 is 2.33 bits per heavy atom. The van der Waals surface area contributed by atoms with Gasteiger partial charge in [-0.2, -0.15) is 0 Å². The van der Waals surface area contributed by atoms with Crippen LogP contribution in [0.4, 0.5) is 4.39 Å². The molecule has 6 N–H and O–H groups in total. The lowest BCUT2D eigenvalue weighted by molar-refractivity contribution is -0.125. The van der Waals surface area contributed by atoms with E-state index in [-0.39, 0.29) is 37.3 Å². The van der Waals surface area contributed by atoms with Gasteiger partial charge in [0.25, 0.3) is 0 Å². The summed E-state index contributed by atoms with van der Waals surface area (Å²) in [5.74, 6) is -0.331. The Balaban J connectivity index is 1.66. The smallest absolute Gasteiger partial charge is 0.234 e. The molecule has 24 heavy (non-hydrogen) atoms. The monoisotopic (exact) mass is 343 g/mol. The van der Waals surface area contributed by atoms with E-state index in [0.29, 0.717) is 12.4 Å². The number of aliphatic imine (C=N–C) groups is 1. The van der Waals surface area contributed by atoms with E-state index in [9.17, 15) is 9.18 Å². The van der Waals surface area contributed by atoms with Crippen molar-refractivity contribution in [2.45, 2.75) is 37.1 Å². The van der Waals surface area contributed by atoms with Gasteiger partial charge in [0.2, 0.25) is 5.91 Å². The number of piperidine rings is 1. The first-order valence-electron chi connectivity index (χ1n) is 8.25. The first-order valence-corrected chi connectivity index (χ1v) is 8.25. The zero-order chi connectivity index (χ0) is 17.3. The summed E-state index contributed by atoms with van der Waals surface area (Å²) < 4.78 is 19.0. The number of amides is 1. The van der Waals surface area contributed by atoms with Crippen LogP contribution in [0.2, 0.25) is 0 Å². The van der Waals surface area contributed by atoms with Gasteiger partial charge in [-0.15, -0.1) is 0 Å². The molecular weight excluding hydrogens is 317 g/mol. The van der Waals surface area contributed by atoms with Gasteiger partial charge < -0.3 is 21.1 Å². The van der Waals surface area contributed by atoms with Gasteiger partial charge in [-0.1, -0.05) is 0 Å². The Bertz CT molecular complexity index is 506. The fourth-order valence-corrected chi connectivity index (χ4v) is 3.49. The fourth-order valence-electron chi connectivity index (χ4n) is 3.49. The summed E-state index contributed by atoms with van der Waals surface area (Å²) >= 11 is 0. The molecule has 9 nitrogen and oxygen atoms in total. The third-order valence-electron chi connectivity index (χ3n) is 4.81. The molecule has 0 radical (unpaired) electrons. The number of carbonyl (C=O) groups is 1. The van der Waals surface area contributed by atoms with Gasteiger partial charge in [0.1, 0.15) is 17.9 Å². The van der Waals surface area contributed by atoms with Crippen molar-refractivity contribution in [2.24, 2.45) is 16.6 Å². The van der Waals surface area contributed by atoms with Crippen LogP contribution in [0.25, 0.3) is 0 Å². The summed E-state index contributed by atoms with van der Waals surface area (Å²) in [6.07, 6.45) is -0.870. The third-order valence-corrected chi connectivity index (χ3v) is 4.81. The summed E-state index contributed by atoms with van der Waals surface area (Å²) in [6, 6.07) is -0.161. The molecule has 6 atom stereocenters. The zero-order valence-corrected chi connectivity index (χ0v) is 14.0. The van der Waals surface area contributed by atoms with Crippen LogP contribution < -0.4 is 27.1 Å². The number of ether oxygens (including phenoxy) is 1. The maximum Gasteiger partial charge on any atom is 0.234 e. The van der Waals surface area contributed by atoms with Gasteiger partial charge in [-0.3, -0.25) is 20.1 Å². The Labute approximate surface area is 140 Å². The number of hydrogen-bond acceptors (Lipinski definition) is 8. The van der Waals surface area contributed by atoms with Gasteiger partial charge in [0.15, 0.2) is 0 Å². The van der Waals surface area contributed by atoms with E-state index in [1.54, 1.807) is 12.1 Å². The van der Waals surface area contributed by atoms with Crippen LogP contribution in [0.1, 0.15) is 6.42 Å². The second kappa shape index (κ2) is 7.28. The Kier molecular flexibility index (Phi) is 5.30. The number of fused-ring (bicyclic) bond motifs is 1. The van der Waals surface area contributed by atoms with E-state index >= 15 is 0 Å². The fraction of sp³-hybridized carbons (Fsp3) is 0.857. The molecule has 10 heteroatoms. The molecular formula is C14H26FN7O2. The Hall–Kier alpha value is -1.33. The van der Waals surface area contributed by atoms with Crippen molar-refractivity contribution in [1.82, 2.24) is 26.4 Å². The molecule has 0 aromatic rings. The average molecular weight is 343 g/mol. The molecule has 3 rings (SSSR count). The van der Waals surface area contributed by atoms with Crippen molar-refractivity contribution in [3.8, 4) is 0 Å². The van der Waals surface area contributed by atoms with Crippen LogP contribution in [0.15, 0.2) is 4.99 Å². The highest BCUT2D eigenvalue weighted by atomic mass is 19.1. The summed E-state index contributed by atoms with van der Waals surface area (Å²) in [7, 11) is 3.51. The minimum atomic E-state index is -1.05. The summed E-state index contributed by atoms with van der Waals surface area (Å²) in [5.41, 5.74) is 8.95. The molecule has 2 saturated heterocycles. The van der Waals surface area contributed by atoms with Crippen molar-refractivity contribution in [3.05, 3.63) is 0 Å². The molecule has 3 heterocycles. The topological polar surface area (TPSA) is 116 Å². The number of halogens is 1. The molecule has 136 valence electrons. The zero-order valence-electron chi connectivity index (χ0n) is 14.0. The second-order valence-corrected chi connectivity index (χ2v) is 6.41. The molecule has 0 saturated carbocycles. The molecule has 3 aliphatic heterocycles. The highest BCUT2D eigenvalue weighted by molar-refractivity contribution is 6.05. The second-order valence-electron chi connectivity index (χ2n) is 6.41. The maximum atomic E-state index is 13.5. The number of hydrogen-bond donors (Lipinski definition) is 5. The maximum absolute atomic E-state index is 13.5. The minimum Gasteiger partial charge on any atom is -0.379 e. The van der Waals surface area contributed by atoms with Crippen LogP contribution in [-0.2, 0) is 9.53 Å². The SMILES string of the molecule is CNC1CC(OC)C(NC(=O)C2C3=NCC(F)CN3NC2N)CN1. The number of nitrogens with two attached hydrogens (primary N) is 1. The molecule has 0 aliphatic carbocycles. The van der Waals surface area contributed by atoms with E-state index in [2.05, 4.69) is 26.4 Å². The summed E-state index contributed by atoms with van der Waals surface area (Å²) in [6.45, 7) is 0.819. The molecule has 0 bridgehead atoms. The van der Waals surface area contributed by atoms with Crippen molar-refractivity contribution >= 4 is 11.7 Å². The number of methoxy groups -OCH3 is 1.